The lowest BCUT2D eigenvalue weighted by Crippen LogP contribution is -2.61. The summed E-state index contributed by atoms with van der Waals surface area (Å²) < 4.78 is 13.2. The maximum Gasteiger partial charge on any atom is 0.475 e. The lowest BCUT2D eigenvalue weighted by molar-refractivity contribution is -0.130. The van der Waals surface area contributed by atoms with E-state index in [0.29, 0.717) is 37.6 Å². The van der Waals surface area contributed by atoms with Crippen LogP contribution in [0.5, 0.6) is 0 Å². The van der Waals surface area contributed by atoms with Gasteiger partial charge < -0.3 is 25.6 Å². The number of nitrogens with one attached hydrogen (secondary N) is 2. The zero-order valence-electron chi connectivity index (χ0n) is 17.7. The Morgan fingerprint density at radius 1 is 1.03 bits per heavy atom. The van der Waals surface area contributed by atoms with E-state index in [1.54, 1.807) is 12.1 Å². The first-order valence-electron chi connectivity index (χ1n) is 11.4. The lowest BCUT2D eigenvalue weighted by Gasteiger charge is -2.42. The van der Waals surface area contributed by atoms with E-state index in [9.17, 15) is 24.0 Å². The summed E-state index contributed by atoms with van der Waals surface area (Å²) in [5.41, 5.74) is 0.778. The molecule has 168 valence electrons. The van der Waals surface area contributed by atoms with E-state index in [-0.39, 0.29) is 17.6 Å². The number of carbonyl (C=O) groups excluding carboxylic acids is 2. The van der Waals surface area contributed by atoms with Gasteiger partial charge in [0.25, 0.3) is 0 Å². The third kappa shape index (κ3) is 5.57. The second kappa shape index (κ2) is 9.57. The van der Waals surface area contributed by atoms with Gasteiger partial charge in [0.15, 0.2) is 0 Å². The highest BCUT2D eigenvalue weighted by molar-refractivity contribution is 6.43. The van der Waals surface area contributed by atoms with Gasteiger partial charge in [-0.15, -0.1) is 0 Å². The van der Waals surface area contributed by atoms with Gasteiger partial charge in [0.2, 0.25) is 11.8 Å². The first-order chi connectivity index (χ1) is 14.9. The van der Waals surface area contributed by atoms with Crippen LogP contribution in [0, 0.1) is 17.7 Å². The van der Waals surface area contributed by atoms with Gasteiger partial charge in [0.05, 0.1) is 5.94 Å². The molecule has 0 spiro atoms. The van der Waals surface area contributed by atoms with Gasteiger partial charge in [-0.05, 0) is 55.4 Å². The molecule has 1 aromatic rings. The Hall–Kier alpha value is -2.13. The van der Waals surface area contributed by atoms with E-state index in [4.69, 9.17) is 0 Å². The minimum absolute atomic E-state index is 0.225. The van der Waals surface area contributed by atoms with Crippen molar-refractivity contribution in [1.82, 2.24) is 10.6 Å². The van der Waals surface area contributed by atoms with Crippen molar-refractivity contribution in [3.05, 3.63) is 30.1 Å². The SMILES string of the molecule is O=C(NC(CC1CCC1)B(O)O)C(CC1CC1)NC(=O)C1CCN1c1ccc(F)cc1. The smallest absolute Gasteiger partial charge is 0.426 e. The normalized spacial score (nSPS) is 22.7. The van der Waals surface area contributed by atoms with Crippen LogP contribution in [0.4, 0.5) is 10.1 Å². The Balaban J connectivity index is 1.37. The summed E-state index contributed by atoms with van der Waals surface area (Å²) in [6.45, 7) is 0.698. The predicted molar refractivity (Wildman–Crippen MR) is 116 cm³/mol. The maximum atomic E-state index is 13.2. The molecular weight excluding hydrogens is 400 g/mol. The van der Waals surface area contributed by atoms with Crippen molar-refractivity contribution >= 4 is 24.6 Å². The average Bonchev–Trinajstić information content (AvgIpc) is 3.47. The highest BCUT2D eigenvalue weighted by Gasteiger charge is 2.39. The van der Waals surface area contributed by atoms with E-state index in [2.05, 4.69) is 10.6 Å². The molecule has 2 saturated carbocycles. The topological polar surface area (TPSA) is 102 Å². The third-order valence-electron chi connectivity index (χ3n) is 6.88. The summed E-state index contributed by atoms with van der Waals surface area (Å²) in [6, 6.07) is 4.95. The molecule has 1 saturated heterocycles. The number of rotatable bonds is 10. The first-order valence-corrected chi connectivity index (χ1v) is 11.4. The van der Waals surface area contributed by atoms with Crippen LogP contribution >= 0.6 is 0 Å². The summed E-state index contributed by atoms with van der Waals surface area (Å²) in [5.74, 6) is -0.816. The van der Waals surface area contributed by atoms with E-state index in [1.165, 1.54) is 12.1 Å². The van der Waals surface area contributed by atoms with Crippen LogP contribution < -0.4 is 15.5 Å². The fraction of sp³-hybridized carbons (Fsp3) is 0.636. The van der Waals surface area contributed by atoms with Crippen molar-refractivity contribution in [1.29, 1.82) is 0 Å². The van der Waals surface area contributed by atoms with Crippen LogP contribution in [-0.2, 0) is 9.59 Å². The average molecular weight is 431 g/mol. The molecule has 4 rings (SSSR count). The van der Waals surface area contributed by atoms with Crippen LogP contribution in [0.2, 0.25) is 0 Å². The Morgan fingerprint density at radius 3 is 2.23 bits per heavy atom. The minimum atomic E-state index is -1.62. The Morgan fingerprint density at radius 2 is 1.71 bits per heavy atom. The molecule has 9 heteroatoms. The molecule has 3 aliphatic rings. The summed E-state index contributed by atoms with van der Waals surface area (Å²) in [4.78, 5) is 27.8. The molecule has 0 bridgehead atoms. The number of hydrogen-bond donors (Lipinski definition) is 4. The monoisotopic (exact) mass is 431 g/mol. The molecule has 31 heavy (non-hydrogen) atoms. The third-order valence-corrected chi connectivity index (χ3v) is 6.88. The van der Waals surface area contributed by atoms with Gasteiger partial charge in [-0.3, -0.25) is 9.59 Å². The number of benzene rings is 1. The molecule has 2 amide bonds. The molecule has 3 fully saturated rings. The zero-order valence-corrected chi connectivity index (χ0v) is 17.7. The van der Waals surface area contributed by atoms with Crippen LogP contribution in [-0.4, -0.2) is 53.6 Å². The Kier molecular flexibility index (Phi) is 6.81. The molecule has 1 heterocycles. The minimum Gasteiger partial charge on any atom is -0.426 e. The lowest BCUT2D eigenvalue weighted by atomic mass is 9.69. The van der Waals surface area contributed by atoms with Crippen molar-refractivity contribution in [2.24, 2.45) is 11.8 Å². The van der Waals surface area contributed by atoms with Crippen molar-refractivity contribution in [3.63, 3.8) is 0 Å². The summed E-state index contributed by atoms with van der Waals surface area (Å²) in [7, 11) is -1.62. The number of anilines is 1. The van der Waals surface area contributed by atoms with Gasteiger partial charge >= 0.3 is 7.12 Å². The van der Waals surface area contributed by atoms with Gasteiger partial charge in [0, 0.05) is 12.2 Å². The number of halogens is 1. The highest BCUT2D eigenvalue weighted by atomic mass is 19.1. The summed E-state index contributed by atoms with van der Waals surface area (Å²) in [5, 5.41) is 25.1. The fourth-order valence-electron chi connectivity index (χ4n) is 4.41. The molecular formula is C22H31BFN3O4. The van der Waals surface area contributed by atoms with Crippen LogP contribution in [0.15, 0.2) is 24.3 Å². The number of nitrogens with zero attached hydrogens (tertiary/aromatic N) is 1. The Labute approximate surface area is 182 Å². The molecule has 2 aliphatic carbocycles. The van der Waals surface area contributed by atoms with E-state index < -0.39 is 25.1 Å². The van der Waals surface area contributed by atoms with Gasteiger partial charge in [-0.1, -0.05) is 32.1 Å². The fourth-order valence-corrected chi connectivity index (χ4v) is 4.41. The summed E-state index contributed by atoms with van der Waals surface area (Å²) in [6.07, 6.45) is 7.06. The highest BCUT2D eigenvalue weighted by Crippen LogP contribution is 2.34. The van der Waals surface area contributed by atoms with Crippen molar-refractivity contribution < 1.29 is 24.0 Å². The van der Waals surface area contributed by atoms with Crippen molar-refractivity contribution in [2.75, 3.05) is 11.4 Å². The van der Waals surface area contributed by atoms with Crippen molar-refractivity contribution in [3.8, 4) is 0 Å². The number of hydrogen-bond acceptors (Lipinski definition) is 5. The molecule has 0 aromatic heterocycles. The summed E-state index contributed by atoms with van der Waals surface area (Å²) >= 11 is 0. The molecule has 4 N–H and O–H groups in total. The predicted octanol–water partition coefficient (Wildman–Crippen LogP) is 1.38. The van der Waals surface area contributed by atoms with Gasteiger partial charge in [0.1, 0.15) is 17.9 Å². The first kappa shape index (κ1) is 22.1. The van der Waals surface area contributed by atoms with Crippen LogP contribution in [0.3, 0.4) is 0 Å². The Bertz CT molecular complexity index is 785. The van der Waals surface area contributed by atoms with Gasteiger partial charge in [-0.25, -0.2) is 4.39 Å². The van der Waals surface area contributed by atoms with Crippen LogP contribution in [0.25, 0.3) is 0 Å². The second-order valence-corrected chi connectivity index (χ2v) is 9.28. The van der Waals surface area contributed by atoms with Gasteiger partial charge in [-0.2, -0.15) is 0 Å². The maximum absolute atomic E-state index is 13.2. The zero-order chi connectivity index (χ0) is 22.0. The quantitative estimate of drug-likeness (QED) is 0.420. The molecule has 1 aliphatic heterocycles. The molecule has 1 aromatic carbocycles. The standard InChI is InChI=1S/C22H31BFN3O4/c24-16-6-8-17(9-7-16)27-11-10-19(27)22(29)25-18(12-15-4-5-15)21(28)26-20(23(30)31)13-14-2-1-3-14/h6-9,14-15,18-20,30-31H,1-5,10-13H2,(H,25,29)(H,26,28). The molecule has 0 radical (unpaired) electrons. The van der Waals surface area contributed by atoms with E-state index >= 15 is 0 Å². The molecule has 3 atom stereocenters. The van der Waals surface area contributed by atoms with Crippen molar-refractivity contribution in [2.45, 2.75) is 69.4 Å². The van der Waals surface area contributed by atoms with E-state index in [1.807, 2.05) is 4.90 Å². The molecule has 7 nitrogen and oxygen atoms in total. The number of amides is 2. The number of carbonyl (C=O) groups is 2. The van der Waals surface area contributed by atoms with Crippen LogP contribution in [0.1, 0.15) is 51.4 Å². The molecule has 3 unspecified atom stereocenters. The largest absolute Gasteiger partial charge is 0.475 e. The van der Waals surface area contributed by atoms with E-state index in [0.717, 1.165) is 37.8 Å². The second-order valence-electron chi connectivity index (χ2n) is 9.28.